The van der Waals surface area contributed by atoms with Gasteiger partial charge in [0.05, 0.1) is 18.0 Å². The molecule has 2 aliphatic heterocycles. The van der Waals surface area contributed by atoms with E-state index in [1.807, 2.05) is 6.07 Å². The predicted molar refractivity (Wildman–Crippen MR) is 104 cm³/mol. The zero-order chi connectivity index (χ0) is 18.8. The summed E-state index contributed by atoms with van der Waals surface area (Å²) in [5.74, 6) is 0.525. The van der Waals surface area contributed by atoms with Crippen molar-refractivity contribution in [2.24, 2.45) is 0 Å². The van der Waals surface area contributed by atoms with Gasteiger partial charge in [0.15, 0.2) is 5.69 Å². The highest BCUT2D eigenvalue weighted by Gasteiger charge is 2.34. The lowest BCUT2D eigenvalue weighted by molar-refractivity contribution is -0.114. The summed E-state index contributed by atoms with van der Waals surface area (Å²) in [6.45, 7) is 8.89. The second kappa shape index (κ2) is 7.37. The lowest BCUT2D eigenvalue weighted by atomic mass is 10.0. The molecule has 2 saturated heterocycles. The molecule has 2 N–H and O–H groups in total. The normalized spacial score (nSPS) is 23.5. The number of aromatic nitrogens is 1. The molecule has 1 unspecified atom stereocenters. The molecule has 4 rings (SSSR count). The molecule has 1 amide bonds. The first-order valence-corrected chi connectivity index (χ1v) is 9.29. The Bertz CT molecular complexity index is 893. The Morgan fingerprint density at radius 2 is 2.07 bits per heavy atom. The van der Waals surface area contributed by atoms with Crippen LogP contribution in [0.15, 0.2) is 36.5 Å². The third kappa shape index (κ3) is 3.93. The fraction of sp³-hybridized carbons (Fsp3) is 0.381. The van der Waals surface area contributed by atoms with Gasteiger partial charge in [-0.3, -0.25) is 9.78 Å². The van der Waals surface area contributed by atoms with Gasteiger partial charge < -0.3 is 15.4 Å². The van der Waals surface area contributed by atoms with Gasteiger partial charge in [0.2, 0.25) is 5.91 Å². The molecule has 138 valence electrons. The van der Waals surface area contributed by atoms with Crippen LogP contribution in [-0.4, -0.2) is 29.1 Å². The number of hydrogen-bond acceptors (Lipinski definition) is 4. The van der Waals surface area contributed by atoms with Crippen molar-refractivity contribution in [3.05, 3.63) is 47.9 Å². The van der Waals surface area contributed by atoms with Gasteiger partial charge in [-0.1, -0.05) is 0 Å². The monoisotopic (exact) mass is 362 g/mol. The van der Waals surface area contributed by atoms with Gasteiger partial charge >= 0.3 is 0 Å². The minimum Gasteiger partial charge on any atom is -0.492 e. The van der Waals surface area contributed by atoms with Crippen molar-refractivity contribution in [1.82, 2.24) is 10.3 Å². The first-order chi connectivity index (χ1) is 13.1. The summed E-state index contributed by atoms with van der Waals surface area (Å²) in [5.41, 5.74) is 2.52. The number of piperidine rings is 1. The molecule has 6 nitrogen and oxygen atoms in total. The van der Waals surface area contributed by atoms with Gasteiger partial charge in [0, 0.05) is 25.2 Å². The lowest BCUT2D eigenvalue weighted by Crippen LogP contribution is -2.42. The SMILES string of the molecule is [C-]#[N+]c1cc(OC2C[C@H]3CC[C@@H](C2)N3)cc(-c2ncccc2NC(C)=O)c1. The van der Waals surface area contributed by atoms with E-state index in [0.717, 1.165) is 18.4 Å². The van der Waals surface area contributed by atoms with Crippen molar-refractivity contribution < 1.29 is 9.53 Å². The third-order valence-electron chi connectivity index (χ3n) is 5.14. The van der Waals surface area contributed by atoms with E-state index >= 15 is 0 Å². The molecule has 3 atom stereocenters. The molecule has 27 heavy (non-hydrogen) atoms. The summed E-state index contributed by atoms with van der Waals surface area (Å²) in [4.78, 5) is 19.5. The highest BCUT2D eigenvalue weighted by molar-refractivity contribution is 5.93. The molecule has 0 aliphatic carbocycles. The number of carbonyl (C=O) groups is 1. The van der Waals surface area contributed by atoms with Crippen molar-refractivity contribution in [3.63, 3.8) is 0 Å². The van der Waals surface area contributed by atoms with Crippen molar-refractivity contribution in [2.45, 2.75) is 50.8 Å². The molecule has 2 bridgehead atoms. The fourth-order valence-electron chi connectivity index (χ4n) is 4.07. The quantitative estimate of drug-likeness (QED) is 0.809. The van der Waals surface area contributed by atoms with Gasteiger partial charge in [-0.05, 0) is 61.6 Å². The fourth-order valence-corrected chi connectivity index (χ4v) is 4.07. The van der Waals surface area contributed by atoms with Crippen LogP contribution in [-0.2, 0) is 4.79 Å². The van der Waals surface area contributed by atoms with Crippen LogP contribution in [0.2, 0.25) is 0 Å². The Morgan fingerprint density at radius 3 is 2.78 bits per heavy atom. The molecular formula is C21H22N4O2. The van der Waals surface area contributed by atoms with Crippen LogP contribution < -0.4 is 15.4 Å². The number of amides is 1. The summed E-state index contributed by atoms with van der Waals surface area (Å²) in [7, 11) is 0. The first kappa shape index (κ1) is 17.5. The Kier molecular flexibility index (Phi) is 4.78. The Morgan fingerprint density at radius 1 is 1.30 bits per heavy atom. The highest BCUT2D eigenvalue weighted by atomic mass is 16.5. The first-order valence-electron chi connectivity index (χ1n) is 9.29. The third-order valence-corrected chi connectivity index (χ3v) is 5.14. The molecule has 6 heteroatoms. The summed E-state index contributed by atoms with van der Waals surface area (Å²) in [5, 5.41) is 6.41. The molecular weight excluding hydrogens is 340 g/mol. The second-order valence-corrected chi connectivity index (χ2v) is 7.26. The van der Waals surface area contributed by atoms with Crippen molar-refractivity contribution in [3.8, 4) is 17.0 Å². The Hall–Kier alpha value is -2.91. The smallest absolute Gasteiger partial charge is 0.221 e. The van der Waals surface area contributed by atoms with Gasteiger partial charge in [0.25, 0.3) is 0 Å². The maximum absolute atomic E-state index is 11.5. The molecule has 0 spiro atoms. The summed E-state index contributed by atoms with van der Waals surface area (Å²) >= 11 is 0. The van der Waals surface area contributed by atoms with Crippen LogP contribution in [0.25, 0.3) is 16.1 Å². The van der Waals surface area contributed by atoms with E-state index in [0.29, 0.717) is 34.9 Å². The topological polar surface area (TPSA) is 67.6 Å². The number of rotatable bonds is 4. The molecule has 2 aromatic rings. The maximum Gasteiger partial charge on any atom is 0.221 e. The van der Waals surface area contributed by atoms with Crippen molar-refractivity contribution in [2.75, 3.05) is 5.32 Å². The molecule has 1 aromatic heterocycles. The van der Waals surface area contributed by atoms with E-state index in [-0.39, 0.29) is 12.0 Å². The van der Waals surface area contributed by atoms with E-state index in [1.54, 1.807) is 30.5 Å². The molecule has 2 aliphatic rings. The number of anilines is 1. The zero-order valence-electron chi connectivity index (χ0n) is 15.2. The van der Waals surface area contributed by atoms with Crippen molar-refractivity contribution in [1.29, 1.82) is 0 Å². The number of nitrogens with zero attached hydrogens (tertiary/aromatic N) is 2. The van der Waals surface area contributed by atoms with Crippen molar-refractivity contribution >= 4 is 17.3 Å². The van der Waals surface area contributed by atoms with Gasteiger partial charge in [-0.25, -0.2) is 4.85 Å². The Labute approximate surface area is 158 Å². The summed E-state index contributed by atoms with van der Waals surface area (Å²) < 4.78 is 6.26. The van der Waals surface area contributed by atoms with Gasteiger partial charge in [0.1, 0.15) is 11.9 Å². The standard InChI is InChI=1S/C21H22N4O2/c1-13(26)24-20-4-3-7-23-21(20)14-8-17(22-2)12-18(9-14)27-19-10-15-5-6-16(11-19)25-15/h3-4,7-9,12,15-16,19,25H,5-6,10-11H2,1H3,(H,24,26)/t15-,16+,19?. The van der Waals surface area contributed by atoms with E-state index < -0.39 is 0 Å². The van der Waals surface area contributed by atoms with E-state index in [9.17, 15) is 4.79 Å². The molecule has 0 radical (unpaired) electrons. The number of ether oxygens (including phenoxy) is 1. The number of nitrogens with one attached hydrogen (secondary N) is 2. The van der Waals surface area contributed by atoms with Gasteiger partial charge in [-0.2, -0.15) is 0 Å². The summed E-state index contributed by atoms with van der Waals surface area (Å²) in [6.07, 6.45) is 6.26. The van der Waals surface area contributed by atoms with E-state index in [4.69, 9.17) is 11.3 Å². The number of pyridine rings is 1. The zero-order valence-corrected chi connectivity index (χ0v) is 15.2. The number of fused-ring (bicyclic) bond motifs is 2. The average Bonchev–Trinajstić information content (AvgIpc) is 2.99. The Balaban J connectivity index is 1.64. The molecule has 0 saturated carbocycles. The van der Waals surface area contributed by atoms with Crippen LogP contribution in [0.5, 0.6) is 5.75 Å². The number of carbonyl (C=O) groups excluding carboxylic acids is 1. The number of hydrogen-bond donors (Lipinski definition) is 2. The number of benzene rings is 1. The lowest BCUT2D eigenvalue weighted by Gasteiger charge is -2.29. The minimum atomic E-state index is -0.160. The molecule has 2 fully saturated rings. The average molecular weight is 362 g/mol. The maximum atomic E-state index is 11.5. The predicted octanol–water partition coefficient (Wildman–Crippen LogP) is 3.92. The van der Waals surface area contributed by atoms with Crippen LogP contribution in [0.3, 0.4) is 0 Å². The van der Waals surface area contributed by atoms with E-state index in [1.165, 1.54) is 19.8 Å². The van der Waals surface area contributed by atoms with Gasteiger partial charge in [-0.15, -0.1) is 0 Å². The second-order valence-electron chi connectivity index (χ2n) is 7.26. The molecule has 1 aromatic carbocycles. The van der Waals surface area contributed by atoms with Crippen LogP contribution in [0, 0.1) is 6.57 Å². The van der Waals surface area contributed by atoms with Crippen LogP contribution in [0.4, 0.5) is 11.4 Å². The molecule has 3 heterocycles. The van der Waals surface area contributed by atoms with Crippen LogP contribution >= 0.6 is 0 Å². The minimum absolute atomic E-state index is 0.160. The highest BCUT2D eigenvalue weighted by Crippen LogP contribution is 2.35. The summed E-state index contributed by atoms with van der Waals surface area (Å²) in [6, 6.07) is 10.1. The largest absolute Gasteiger partial charge is 0.492 e. The van der Waals surface area contributed by atoms with E-state index in [2.05, 4.69) is 20.5 Å². The van der Waals surface area contributed by atoms with Crippen LogP contribution in [0.1, 0.15) is 32.6 Å².